The lowest BCUT2D eigenvalue weighted by Crippen LogP contribution is -2.27. The van der Waals surface area contributed by atoms with Gasteiger partial charge in [-0.25, -0.2) is 0 Å². The molecule has 2 heterocycles. The number of aryl methyl sites for hydroxylation is 3. The number of fused-ring (bicyclic) bond motifs is 2. The molecule has 2 N–H and O–H groups in total. The fourth-order valence-electron chi connectivity index (χ4n) is 4.39. The number of carbonyl (C=O) groups is 2. The molecule has 4 rings (SSSR count). The molecular weight excluding hydrogens is 452 g/mol. The Balaban J connectivity index is 1.61. The van der Waals surface area contributed by atoms with Crippen LogP contribution in [0.1, 0.15) is 68.7 Å². The third-order valence-electron chi connectivity index (χ3n) is 5.96. The van der Waals surface area contributed by atoms with Gasteiger partial charge in [-0.2, -0.15) is 0 Å². The molecule has 0 unspecified atom stereocenters. The second-order valence-corrected chi connectivity index (χ2v) is 9.71. The first kappa shape index (κ1) is 24.2. The van der Waals surface area contributed by atoms with Gasteiger partial charge in [0, 0.05) is 30.7 Å². The van der Waals surface area contributed by atoms with Crippen molar-refractivity contribution in [1.29, 1.82) is 0 Å². The number of carbonyl (C=O) groups excluding carboxylic acids is 2. The Kier molecular flexibility index (Phi) is 7.48. The number of anilines is 1. The predicted molar refractivity (Wildman–Crippen MR) is 134 cm³/mol. The summed E-state index contributed by atoms with van der Waals surface area (Å²) in [5, 5.41) is 6.77. The number of hydrogen-bond donors (Lipinski definition) is 2. The zero-order chi connectivity index (χ0) is 24.2. The molecule has 0 radical (unpaired) electrons. The van der Waals surface area contributed by atoms with Gasteiger partial charge in [0.15, 0.2) is 11.2 Å². The molecule has 1 aliphatic rings. The summed E-state index contributed by atoms with van der Waals surface area (Å²) in [6.07, 6.45) is 4.50. The lowest BCUT2D eigenvalue weighted by Gasteiger charge is -2.13. The number of ether oxygens (including phenoxy) is 1. The second kappa shape index (κ2) is 10.5. The minimum atomic E-state index is -0.539. The van der Waals surface area contributed by atoms with Crippen LogP contribution in [0.15, 0.2) is 27.4 Å². The highest BCUT2D eigenvalue weighted by molar-refractivity contribution is 7.17. The van der Waals surface area contributed by atoms with E-state index in [9.17, 15) is 14.4 Å². The summed E-state index contributed by atoms with van der Waals surface area (Å²) in [4.78, 5) is 40.0. The van der Waals surface area contributed by atoms with E-state index >= 15 is 0 Å². The SMILES string of the molecule is CCOCCCNC(=O)c1c(NC(=O)c2cc(=O)c3cc(C)cc(C)c3o2)sc2c1CCCC2. The first-order valence-electron chi connectivity index (χ1n) is 11.8. The molecule has 2 amide bonds. The topological polar surface area (TPSA) is 97.6 Å². The van der Waals surface area contributed by atoms with E-state index in [0.717, 1.165) is 47.3 Å². The van der Waals surface area contributed by atoms with Gasteiger partial charge in [-0.1, -0.05) is 6.07 Å². The molecule has 0 atom stereocenters. The molecule has 0 saturated heterocycles. The van der Waals surface area contributed by atoms with Crippen LogP contribution in [-0.2, 0) is 17.6 Å². The van der Waals surface area contributed by atoms with Crippen molar-refractivity contribution in [3.05, 3.63) is 61.3 Å². The molecule has 34 heavy (non-hydrogen) atoms. The predicted octanol–water partition coefficient (Wildman–Crippen LogP) is 4.76. The van der Waals surface area contributed by atoms with E-state index in [1.807, 2.05) is 26.8 Å². The Bertz CT molecular complexity index is 1290. The highest BCUT2D eigenvalue weighted by Crippen LogP contribution is 2.38. The van der Waals surface area contributed by atoms with E-state index in [1.165, 1.54) is 17.4 Å². The van der Waals surface area contributed by atoms with Gasteiger partial charge in [-0.15, -0.1) is 11.3 Å². The van der Waals surface area contributed by atoms with Crippen molar-refractivity contribution in [2.24, 2.45) is 0 Å². The van der Waals surface area contributed by atoms with Gasteiger partial charge in [0.25, 0.3) is 11.8 Å². The highest BCUT2D eigenvalue weighted by atomic mass is 32.1. The van der Waals surface area contributed by atoms with E-state index in [4.69, 9.17) is 9.15 Å². The zero-order valence-corrected chi connectivity index (χ0v) is 20.7. The van der Waals surface area contributed by atoms with Gasteiger partial charge in [-0.3, -0.25) is 14.4 Å². The molecule has 2 aromatic heterocycles. The van der Waals surface area contributed by atoms with Gasteiger partial charge in [-0.05, 0) is 75.6 Å². The van der Waals surface area contributed by atoms with E-state index in [0.29, 0.717) is 47.7 Å². The molecular formula is C26H30N2O5S. The van der Waals surface area contributed by atoms with Crippen molar-refractivity contribution >= 4 is 39.1 Å². The van der Waals surface area contributed by atoms with Gasteiger partial charge < -0.3 is 19.8 Å². The number of hydrogen-bond acceptors (Lipinski definition) is 6. The van der Waals surface area contributed by atoms with Crippen LogP contribution >= 0.6 is 11.3 Å². The molecule has 0 spiro atoms. The summed E-state index contributed by atoms with van der Waals surface area (Å²) in [6.45, 7) is 7.42. The largest absolute Gasteiger partial charge is 0.450 e. The Morgan fingerprint density at radius 1 is 1.12 bits per heavy atom. The van der Waals surface area contributed by atoms with Gasteiger partial charge in [0.2, 0.25) is 0 Å². The van der Waals surface area contributed by atoms with Crippen LogP contribution in [-0.4, -0.2) is 31.6 Å². The Morgan fingerprint density at radius 3 is 2.71 bits per heavy atom. The van der Waals surface area contributed by atoms with Crippen LogP contribution in [0.5, 0.6) is 0 Å². The van der Waals surface area contributed by atoms with Gasteiger partial charge >= 0.3 is 0 Å². The van der Waals surface area contributed by atoms with Crippen LogP contribution in [0.2, 0.25) is 0 Å². The standard InChI is InChI=1S/C26H30N2O5S/c1-4-32-11-7-10-27-25(31)22-17-8-5-6-9-21(17)34-26(22)28-24(30)20-14-19(29)18-13-15(2)12-16(3)23(18)33-20/h12-14H,4-11H2,1-3H3,(H,27,31)(H,28,30). The lowest BCUT2D eigenvalue weighted by atomic mass is 9.95. The fourth-order valence-corrected chi connectivity index (χ4v) is 5.67. The number of rotatable bonds is 8. The van der Waals surface area contributed by atoms with Crippen LogP contribution in [0.3, 0.4) is 0 Å². The summed E-state index contributed by atoms with van der Waals surface area (Å²) in [6, 6.07) is 4.89. The maximum Gasteiger partial charge on any atom is 0.292 e. The average Bonchev–Trinajstić information content (AvgIpc) is 3.17. The number of nitrogens with one attached hydrogen (secondary N) is 2. The fraction of sp³-hybridized carbons (Fsp3) is 0.423. The Morgan fingerprint density at radius 2 is 1.91 bits per heavy atom. The monoisotopic (exact) mass is 482 g/mol. The second-order valence-electron chi connectivity index (χ2n) is 8.61. The number of amides is 2. The maximum atomic E-state index is 13.1. The average molecular weight is 483 g/mol. The lowest BCUT2D eigenvalue weighted by molar-refractivity contribution is 0.0944. The highest BCUT2D eigenvalue weighted by Gasteiger charge is 2.27. The van der Waals surface area contributed by atoms with Crippen LogP contribution in [0.4, 0.5) is 5.00 Å². The van der Waals surface area contributed by atoms with Crippen molar-refractivity contribution in [3.63, 3.8) is 0 Å². The van der Waals surface area contributed by atoms with Crippen molar-refractivity contribution in [2.45, 2.75) is 52.9 Å². The van der Waals surface area contributed by atoms with E-state index < -0.39 is 5.91 Å². The molecule has 8 heteroatoms. The minimum absolute atomic E-state index is 0.0705. The van der Waals surface area contributed by atoms with E-state index in [-0.39, 0.29) is 17.1 Å². The molecule has 1 aliphatic carbocycles. The summed E-state index contributed by atoms with van der Waals surface area (Å²) in [7, 11) is 0. The molecule has 0 saturated carbocycles. The molecule has 3 aromatic rings. The minimum Gasteiger partial charge on any atom is -0.450 e. The van der Waals surface area contributed by atoms with Crippen molar-refractivity contribution in [1.82, 2.24) is 5.32 Å². The van der Waals surface area contributed by atoms with Crippen molar-refractivity contribution < 1.29 is 18.7 Å². The Labute approximate surface area is 202 Å². The van der Waals surface area contributed by atoms with Crippen molar-refractivity contribution in [3.8, 4) is 0 Å². The number of thiophene rings is 1. The summed E-state index contributed by atoms with van der Waals surface area (Å²) < 4.78 is 11.2. The Hall–Kier alpha value is -2.97. The quantitative estimate of drug-likeness (QED) is 0.451. The van der Waals surface area contributed by atoms with Crippen LogP contribution < -0.4 is 16.1 Å². The third kappa shape index (κ3) is 5.08. The normalized spacial score (nSPS) is 13.0. The third-order valence-corrected chi connectivity index (χ3v) is 7.17. The smallest absolute Gasteiger partial charge is 0.292 e. The summed E-state index contributed by atoms with van der Waals surface area (Å²) >= 11 is 1.44. The molecule has 0 fully saturated rings. The summed E-state index contributed by atoms with van der Waals surface area (Å²) in [5.74, 6) is -0.806. The van der Waals surface area contributed by atoms with Gasteiger partial charge in [0.1, 0.15) is 10.6 Å². The summed E-state index contributed by atoms with van der Waals surface area (Å²) in [5.41, 5.74) is 3.42. The van der Waals surface area contributed by atoms with Gasteiger partial charge in [0.05, 0.1) is 10.9 Å². The van der Waals surface area contributed by atoms with Crippen LogP contribution in [0.25, 0.3) is 11.0 Å². The molecule has 0 bridgehead atoms. The molecule has 0 aliphatic heterocycles. The van der Waals surface area contributed by atoms with Crippen molar-refractivity contribution in [2.75, 3.05) is 25.1 Å². The molecule has 180 valence electrons. The molecule has 1 aromatic carbocycles. The zero-order valence-electron chi connectivity index (χ0n) is 19.8. The molecule has 7 nitrogen and oxygen atoms in total. The first-order valence-corrected chi connectivity index (χ1v) is 12.6. The van der Waals surface area contributed by atoms with E-state index in [2.05, 4.69) is 10.6 Å². The number of benzene rings is 1. The van der Waals surface area contributed by atoms with Crippen LogP contribution in [0, 0.1) is 13.8 Å². The first-order chi connectivity index (χ1) is 16.4. The van der Waals surface area contributed by atoms with E-state index in [1.54, 1.807) is 6.07 Å². The maximum absolute atomic E-state index is 13.1.